The maximum absolute atomic E-state index is 10.9. The Hall–Kier alpha value is -1.55. The summed E-state index contributed by atoms with van der Waals surface area (Å²) in [4.78, 5) is 10.9. The van der Waals surface area contributed by atoms with E-state index in [1.54, 1.807) is 26.0 Å². The van der Waals surface area contributed by atoms with Gasteiger partial charge in [-0.15, -0.1) is 0 Å². The van der Waals surface area contributed by atoms with Crippen molar-refractivity contribution in [3.8, 4) is 5.75 Å². The molecule has 0 fully saturated rings. The molecule has 0 saturated heterocycles. The fraction of sp³-hybridized carbons (Fsp3) is 0.462. The van der Waals surface area contributed by atoms with Crippen molar-refractivity contribution >= 4 is 5.97 Å². The quantitative estimate of drug-likeness (QED) is 0.823. The van der Waals surface area contributed by atoms with Crippen LogP contribution in [0.2, 0.25) is 0 Å². The Morgan fingerprint density at radius 1 is 1.41 bits per heavy atom. The molecule has 94 valence electrons. The van der Waals surface area contributed by atoms with Crippen molar-refractivity contribution in [2.45, 2.75) is 26.8 Å². The van der Waals surface area contributed by atoms with Crippen LogP contribution in [0.4, 0.5) is 0 Å². The van der Waals surface area contributed by atoms with Crippen LogP contribution in [-0.4, -0.2) is 17.7 Å². The van der Waals surface area contributed by atoms with E-state index in [0.29, 0.717) is 5.75 Å². The van der Waals surface area contributed by atoms with Crippen molar-refractivity contribution in [2.75, 3.05) is 6.61 Å². The molecule has 3 N–H and O–H groups in total. The highest BCUT2D eigenvalue weighted by molar-refractivity contribution is 5.73. The molecule has 1 aromatic rings. The van der Waals surface area contributed by atoms with E-state index in [0.717, 1.165) is 5.56 Å². The van der Waals surface area contributed by atoms with Gasteiger partial charge in [-0.1, -0.05) is 12.1 Å². The monoisotopic (exact) mass is 237 g/mol. The molecule has 0 saturated carbocycles. The fourth-order valence-electron chi connectivity index (χ4n) is 1.19. The van der Waals surface area contributed by atoms with Gasteiger partial charge in [-0.05, 0) is 38.5 Å². The first-order valence-electron chi connectivity index (χ1n) is 5.54. The molecule has 0 amide bonds. The van der Waals surface area contributed by atoms with Crippen molar-refractivity contribution in [1.29, 1.82) is 0 Å². The number of ether oxygens (including phenoxy) is 1. The van der Waals surface area contributed by atoms with Crippen LogP contribution in [-0.2, 0) is 4.79 Å². The Balaban J connectivity index is 2.62. The third kappa shape index (κ3) is 3.75. The van der Waals surface area contributed by atoms with Gasteiger partial charge in [-0.3, -0.25) is 4.79 Å². The number of carboxylic acid groups (broad SMARTS) is 1. The van der Waals surface area contributed by atoms with Gasteiger partial charge in [0, 0.05) is 6.04 Å². The van der Waals surface area contributed by atoms with Crippen molar-refractivity contribution in [1.82, 2.24) is 0 Å². The summed E-state index contributed by atoms with van der Waals surface area (Å²) in [5.41, 5.74) is 5.86. The number of nitrogens with two attached hydrogens (primary N) is 1. The van der Waals surface area contributed by atoms with Crippen LogP contribution in [0.3, 0.4) is 0 Å². The van der Waals surface area contributed by atoms with Crippen LogP contribution in [0.1, 0.15) is 32.4 Å². The number of hydrogen-bond donors (Lipinski definition) is 2. The van der Waals surface area contributed by atoms with E-state index in [2.05, 4.69) is 0 Å². The van der Waals surface area contributed by atoms with Gasteiger partial charge in [-0.25, -0.2) is 0 Å². The molecule has 0 aromatic heterocycles. The maximum atomic E-state index is 10.9. The van der Waals surface area contributed by atoms with Crippen LogP contribution in [0, 0.1) is 5.41 Å². The fourth-order valence-corrected chi connectivity index (χ4v) is 1.19. The Morgan fingerprint density at radius 3 is 2.35 bits per heavy atom. The number of rotatable bonds is 5. The van der Waals surface area contributed by atoms with Crippen LogP contribution in [0.5, 0.6) is 5.75 Å². The Kier molecular flexibility index (Phi) is 4.12. The molecule has 0 heterocycles. The average Bonchev–Trinajstić information content (AvgIpc) is 2.27. The smallest absolute Gasteiger partial charge is 0.312 e. The van der Waals surface area contributed by atoms with Gasteiger partial charge in [0.15, 0.2) is 0 Å². The van der Waals surface area contributed by atoms with Gasteiger partial charge in [0.25, 0.3) is 0 Å². The number of carboxylic acids is 1. The zero-order valence-corrected chi connectivity index (χ0v) is 10.4. The van der Waals surface area contributed by atoms with Gasteiger partial charge in [0.1, 0.15) is 12.4 Å². The standard InChI is InChI=1S/C13H19NO3/c1-9(14)10-4-6-11(7-5-10)17-8-13(2,3)12(15)16/h4-7,9H,8,14H2,1-3H3,(H,15,16)/t9-/m1/s1. The lowest BCUT2D eigenvalue weighted by atomic mass is 9.95. The SMILES string of the molecule is C[C@@H](N)c1ccc(OCC(C)(C)C(=O)O)cc1. The van der Waals surface area contributed by atoms with E-state index in [-0.39, 0.29) is 12.6 Å². The van der Waals surface area contributed by atoms with Crippen molar-refractivity contribution in [2.24, 2.45) is 11.1 Å². The lowest BCUT2D eigenvalue weighted by Crippen LogP contribution is -2.30. The second-order valence-corrected chi connectivity index (χ2v) is 4.84. The van der Waals surface area contributed by atoms with E-state index >= 15 is 0 Å². The lowest BCUT2D eigenvalue weighted by Gasteiger charge is -2.19. The maximum Gasteiger partial charge on any atom is 0.312 e. The molecule has 0 spiro atoms. The van der Waals surface area contributed by atoms with Crippen LogP contribution < -0.4 is 10.5 Å². The van der Waals surface area contributed by atoms with Crippen molar-refractivity contribution in [3.05, 3.63) is 29.8 Å². The molecular weight excluding hydrogens is 218 g/mol. The van der Waals surface area contributed by atoms with Crippen LogP contribution in [0.25, 0.3) is 0 Å². The Morgan fingerprint density at radius 2 is 1.94 bits per heavy atom. The van der Waals surface area contributed by atoms with Crippen molar-refractivity contribution in [3.63, 3.8) is 0 Å². The average molecular weight is 237 g/mol. The lowest BCUT2D eigenvalue weighted by molar-refractivity contribution is -0.148. The summed E-state index contributed by atoms with van der Waals surface area (Å²) < 4.78 is 5.45. The molecule has 1 rings (SSSR count). The molecule has 1 aromatic carbocycles. The topological polar surface area (TPSA) is 72.5 Å². The van der Waals surface area contributed by atoms with Crippen LogP contribution >= 0.6 is 0 Å². The van der Waals surface area contributed by atoms with E-state index < -0.39 is 11.4 Å². The Labute approximate surface area is 101 Å². The molecule has 0 unspecified atom stereocenters. The molecule has 4 nitrogen and oxygen atoms in total. The molecule has 1 atom stereocenters. The second kappa shape index (κ2) is 5.19. The third-order valence-corrected chi connectivity index (χ3v) is 2.58. The summed E-state index contributed by atoms with van der Waals surface area (Å²) in [7, 11) is 0. The Bertz CT molecular complexity index is 382. The third-order valence-electron chi connectivity index (χ3n) is 2.58. The van der Waals surface area contributed by atoms with Gasteiger partial charge in [-0.2, -0.15) is 0 Å². The minimum absolute atomic E-state index is 0.0143. The molecular formula is C13H19NO3. The highest BCUT2D eigenvalue weighted by atomic mass is 16.5. The molecule has 0 radical (unpaired) electrons. The highest BCUT2D eigenvalue weighted by Crippen LogP contribution is 2.20. The normalized spacial score (nSPS) is 13.2. The van der Waals surface area contributed by atoms with E-state index in [1.807, 2.05) is 19.1 Å². The first-order chi connectivity index (χ1) is 7.83. The predicted octanol–water partition coefficient (Wildman–Crippen LogP) is 2.20. The second-order valence-electron chi connectivity index (χ2n) is 4.84. The summed E-state index contributed by atoms with van der Waals surface area (Å²) in [5, 5.41) is 8.94. The predicted molar refractivity (Wildman–Crippen MR) is 66.0 cm³/mol. The summed E-state index contributed by atoms with van der Waals surface area (Å²) in [5.74, 6) is -0.214. The van der Waals surface area contributed by atoms with Crippen molar-refractivity contribution < 1.29 is 14.6 Å². The number of hydrogen-bond acceptors (Lipinski definition) is 3. The molecule has 17 heavy (non-hydrogen) atoms. The van der Waals surface area contributed by atoms with Gasteiger partial charge >= 0.3 is 5.97 Å². The van der Waals surface area contributed by atoms with Crippen LogP contribution in [0.15, 0.2) is 24.3 Å². The molecule has 0 aliphatic carbocycles. The van der Waals surface area contributed by atoms with E-state index in [1.165, 1.54) is 0 Å². The zero-order chi connectivity index (χ0) is 13.1. The number of carbonyl (C=O) groups is 1. The largest absolute Gasteiger partial charge is 0.492 e. The molecule has 0 aliphatic heterocycles. The molecule has 0 aliphatic rings. The first kappa shape index (κ1) is 13.5. The first-order valence-corrected chi connectivity index (χ1v) is 5.54. The number of aliphatic carboxylic acids is 1. The minimum atomic E-state index is -0.889. The van der Waals surface area contributed by atoms with Gasteiger partial charge in [0.05, 0.1) is 5.41 Å². The van der Waals surface area contributed by atoms with Gasteiger partial charge in [0.2, 0.25) is 0 Å². The summed E-state index contributed by atoms with van der Waals surface area (Å²) in [6, 6.07) is 7.36. The summed E-state index contributed by atoms with van der Waals surface area (Å²) >= 11 is 0. The summed E-state index contributed by atoms with van der Waals surface area (Å²) in [6.45, 7) is 5.31. The summed E-state index contributed by atoms with van der Waals surface area (Å²) in [6.07, 6.45) is 0. The minimum Gasteiger partial charge on any atom is -0.492 e. The van der Waals surface area contributed by atoms with E-state index in [4.69, 9.17) is 15.6 Å². The van der Waals surface area contributed by atoms with Gasteiger partial charge < -0.3 is 15.6 Å². The molecule has 4 heteroatoms. The highest BCUT2D eigenvalue weighted by Gasteiger charge is 2.28. The zero-order valence-electron chi connectivity index (χ0n) is 10.4. The van der Waals surface area contributed by atoms with E-state index in [9.17, 15) is 4.79 Å². The number of benzene rings is 1. The molecule has 0 bridgehead atoms.